The van der Waals surface area contributed by atoms with Crippen LogP contribution in [0.25, 0.3) is 0 Å². The first-order valence-corrected chi connectivity index (χ1v) is 5.86. The molecule has 0 radical (unpaired) electrons. The molecule has 0 fully saturated rings. The Hall–Kier alpha value is -0.580. The monoisotopic (exact) mass is 246 g/mol. The number of aromatic nitrogens is 2. The van der Waals surface area contributed by atoms with Crippen LogP contribution in [0.4, 0.5) is 0 Å². The Bertz CT molecular complexity index is 328. The first-order chi connectivity index (χ1) is 7.60. The van der Waals surface area contributed by atoms with Crippen LogP contribution in [0.5, 0.6) is 0 Å². The Kier molecular flexibility index (Phi) is 5.25. The molecule has 0 saturated heterocycles. The lowest BCUT2D eigenvalue weighted by molar-refractivity contribution is 0.0967. The minimum absolute atomic E-state index is 0.288. The quantitative estimate of drug-likeness (QED) is 0.838. The van der Waals surface area contributed by atoms with E-state index in [1.165, 1.54) is 0 Å². The molecule has 4 nitrogen and oxygen atoms in total. The number of hydrogen-bond donors (Lipinski definition) is 1. The number of hydrogen-bond acceptors (Lipinski definition) is 3. The second-order valence-corrected chi connectivity index (χ2v) is 4.41. The second kappa shape index (κ2) is 6.23. The molecule has 0 amide bonds. The van der Waals surface area contributed by atoms with Crippen LogP contribution in [-0.2, 0) is 11.3 Å². The van der Waals surface area contributed by atoms with Crippen LogP contribution in [0, 0.1) is 5.92 Å². The molecule has 0 saturated carbocycles. The summed E-state index contributed by atoms with van der Waals surface area (Å²) in [7, 11) is 1.66. The SMILES string of the molecule is CCn1ncc(Cl)c1C(O)CC(C)COC. The first-order valence-electron chi connectivity index (χ1n) is 5.48. The summed E-state index contributed by atoms with van der Waals surface area (Å²) >= 11 is 6.00. The van der Waals surface area contributed by atoms with E-state index in [9.17, 15) is 5.11 Å². The topological polar surface area (TPSA) is 47.3 Å². The van der Waals surface area contributed by atoms with E-state index in [1.807, 2.05) is 13.8 Å². The van der Waals surface area contributed by atoms with Crippen molar-refractivity contribution in [3.63, 3.8) is 0 Å². The molecule has 5 heteroatoms. The summed E-state index contributed by atoms with van der Waals surface area (Å²) in [5.74, 6) is 0.288. The van der Waals surface area contributed by atoms with E-state index in [0.29, 0.717) is 30.3 Å². The zero-order valence-electron chi connectivity index (χ0n) is 9.98. The van der Waals surface area contributed by atoms with Crippen LogP contribution in [0.1, 0.15) is 32.1 Å². The summed E-state index contributed by atoms with van der Waals surface area (Å²) in [4.78, 5) is 0. The van der Waals surface area contributed by atoms with Gasteiger partial charge >= 0.3 is 0 Å². The van der Waals surface area contributed by atoms with E-state index in [0.717, 1.165) is 0 Å². The molecule has 1 heterocycles. The van der Waals surface area contributed by atoms with Crippen molar-refractivity contribution in [1.29, 1.82) is 0 Å². The third-order valence-corrected chi connectivity index (χ3v) is 2.82. The molecule has 92 valence electrons. The van der Waals surface area contributed by atoms with Gasteiger partial charge in [0.05, 0.1) is 23.0 Å². The molecule has 0 aromatic carbocycles. The molecule has 0 bridgehead atoms. The fourth-order valence-electron chi connectivity index (χ4n) is 1.80. The molecule has 1 aromatic heterocycles. The molecule has 1 N–H and O–H groups in total. The molecule has 1 aromatic rings. The number of aliphatic hydroxyl groups excluding tert-OH is 1. The average molecular weight is 247 g/mol. The number of ether oxygens (including phenoxy) is 1. The molecule has 0 aliphatic rings. The minimum Gasteiger partial charge on any atom is -0.387 e. The van der Waals surface area contributed by atoms with Crippen molar-refractivity contribution in [2.75, 3.05) is 13.7 Å². The maximum Gasteiger partial charge on any atom is 0.0975 e. The molecular formula is C11H19ClN2O2. The van der Waals surface area contributed by atoms with Crippen molar-refractivity contribution in [2.45, 2.75) is 32.9 Å². The van der Waals surface area contributed by atoms with Crippen LogP contribution in [0.2, 0.25) is 5.02 Å². The van der Waals surface area contributed by atoms with E-state index in [-0.39, 0.29) is 5.92 Å². The van der Waals surface area contributed by atoms with Crippen LogP contribution in [0.15, 0.2) is 6.20 Å². The van der Waals surface area contributed by atoms with Gasteiger partial charge in [0.1, 0.15) is 0 Å². The first kappa shape index (κ1) is 13.5. The Labute approximate surface area is 101 Å². The van der Waals surface area contributed by atoms with Crippen LogP contribution >= 0.6 is 11.6 Å². The highest BCUT2D eigenvalue weighted by Crippen LogP contribution is 2.27. The third kappa shape index (κ3) is 3.20. The Morgan fingerprint density at radius 2 is 2.31 bits per heavy atom. The van der Waals surface area contributed by atoms with Gasteiger partial charge in [-0.15, -0.1) is 0 Å². The van der Waals surface area contributed by atoms with Gasteiger partial charge in [0.15, 0.2) is 0 Å². The predicted molar refractivity (Wildman–Crippen MR) is 63.5 cm³/mol. The van der Waals surface area contributed by atoms with Crippen molar-refractivity contribution >= 4 is 11.6 Å². The molecule has 0 aliphatic carbocycles. The lowest BCUT2D eigenvalue weighted by Crippen LogP contribution is -2.13. The largest absolute Gasteiger partial charge is 0.387 e. The maximum atomic E-state index is 10.1. The van der Waals surface area contributed by atoms with Gasteiger partial charge in [0, 0.05) is 20.3 Å². The minimum atomic E-state index is -0.583. The Morgan fingerprint density at radius 1 is 1.62 bits per heavy atom. The van der Waals surface area contributed by atoms with E-state index in [4.69, 9.17) is 16.3 Å². The van der Waals surface area contributed by atoms with E-state index in [2.05, 4.69) is 5.10 Å². The predicted octanol–water partition coefficient (Wildman–Crippen LogP) is 2.26. The third-order valence-electron chi connectivity index (χ3n) is 2.53. The number of aryl methyl sites for hydroxylation is 1. The van der Waals surface area contributed by atoms with Gasteiger partial charge in [-0.05, 0) is 19.3 Å². The molecule has 0 aliphatic heterocycles. The molecule has 1 rings (SSSR count). The molecule has 2 unspecified atom stereocenters. The van der Waals surface area contributed by atoms with Gasteiger partial charge < -0.3 is 9.84 Å². The van der Waals surface area contributed by atoms with Crippen molar-refractivity contribution in [3.8, 4) is 0 Å². The fraction of sp³-hybridized carbons (Fsp3) is 0.727. The normalized spacial score (nSPS) is 15.1. The number of halogens is 1. The molecule has 0 spiro atoms. The Morgan fingerprint density at radius 3 is 2.88 bits per heavy atom. The molecule has 16 heavy (non-hydrogen) atoms. The second-order valence-electron chi connectivity index (χ2n) is 4.01. The zero-order chi connectivity index (χ0) is 12.1. The van der Waals surface area contributed by atoms with Gasteiger partial charge in [-0.25, -0.2) is 0 Å². The van der Waals surface area contributed by atoms with Gasteiger partial charge in [0.25, 0.3) is 0 Å². The number of methoxy groups -OCH3 is 1. The summed E-state index contributed by atoms with van der Waals surface area (Å²) in [5, 5.41) is 14.7. The Balaban J connectivity index is 2.71. The van der Waals surface area contributed by atoms with Crippen molar-refractivity contribution in [2.24, 2.45) is 5.92 Å². The summed E-state index contributed by atoms with van der Waals surface area (Å²) < 4.78 is 6.77. The summed E-state index contributed by atoms with van der Waals surface area (Å²) in [6, 6.07) is 0. The zero-order valence-corrected chi connectivity index (χ0v) is 10.7. The number of rotatable bonds is 6. The van der Waals surface area contributed by atoms with Gasteiger partial charge in [-0.1, -0.05) is 18.5 Å². The van der Waals surface area contributed by atoms with Crippen molar-refractivity contribution < 1.29 is 9.84 Å². The van der Waals surface area contributed by atoms with Crippen LogP contribution in [0.3, 0.4) is 0 Å². The van der Waals surface area contributed by atoms with E-state index in [1.54, 1.807) is 18.0 Å². The molecule has 2 atom stereocenters. The molecular weight excluding hydrogens is 228 g/mol. The standard InChI is InChI=1S/C11H19ClN2O2/c1-4-14-11(9(12)6-13-14)10(15)5-8(2)7-16-3/h6,8,10,15H,4-5,7H2,1-3H3. The number of nitrogens with zero attached hydrogens (tertiary/aromatic N) is 2. The van der Waals surface area contributed by atoms with E-state index < -0.39 is 6.10 Å². The van der Waals surface area contributed by atoms with Crippen molar-refractivity contribution in [1.82, 2.24) is 9.78 Å². The highest BCUT2D eigenvalue weighted by Gasteiger charge is 2.19. The summed E-state index contributed by atoms with van der Waals surface area (Å²) in [6.07, 6.45) is 1.62. The van der Waals surface area contributed by atoms with E-state index >= 15 is 0 Å². The highest BCUT2D eigenvalue weighted by atomic mass is 35.5. The fourth-order valence-corrected chi connectivity index (χ4v) is 2.07. The number of aliphatic hydroxyl groups is 1. The van der Waals surface area contributed by atoms with Gasteiger partial charge in [-0.3, -0.25) is 4.68 Å². The lowest BCUT2D eigenvalue weighted by atomic mass is 10.0. The average Bonchev–Trinajstić information content (AvgIpc) is 2.59. The highest BCUT2D eigenvalue weighted by molar-refractivity contribution is 6.31. The summed E-state index contributed by atoms with van der Waals surface area (Å²) in [6.45, 7) is 5.35. The van der Waals surface area contributed by atoms with Gasteiger partial charge in [0.2, 0.25) is 0 Å². The van der Waals surface area contributed by atoms with Gasteiger partial charge in [-0.2, -0.15) is 5.10 Å². The van der Waals surface area contributed by atoms with Crippen LogP contribution < -0.4 is 0 Å². The smallest absolute Gasteiger partial charge is 0.0975 e. The van der Waals surface area contributed by atoms with Crippen molar-refractivity contribution in [3.05, 3.63) is 16.9 Å². The van der Waals surface area contributed by atoms with Crippen LogP contribution in [-0.4, -0.2) is 28.6 Å². The lowest BCUT2D eigenvalue weighted by Gasteiger charge is -2.17. The maximum absolute atomic E-state index is 10.1. The summed E-state index contributed by atoms with van der Waals surface area (Å²) in [5.41, 5.74) is 0.701.